The molecule has 0 aromatic heterocycles. The minimum Gasteiger partial charge on any atom is -0.0840 e. The van der Waals surface area contributed by atoms with Gasteiger partial charge in [-0.2, -0.15) is 0 Å². The van der Waals surface area contributed by atoms with Crippen LogP contribution in [-0.2, 0) is 0 Å². The largest absolute Gasteiger partial charge is 0.0840 e. The third kappa shape index (κ3) is 11.5. The van der Waals surface area contributed by atoms with Gasteiger partial charge in [-0.05, 0) is 107 Å². The molecule has 0 saturated carbocycles. The van der Waals surface area contributed by atoms with Gasteiger partial charge < -0.3 is 0 Å². The lowest BCUT2D eigenvalue weighted by atomic mass is 9.72. The van der Waals surface area contributed by atoms with Gasteiger partial charge in [0.05, 0.1) is 0 Å². The molecule has 0 nitrogen and oxygen atoms in total. The zero-order chi connectivity index (χ0) is 29.8. The Kier molecular flexibility index (Phi) is 13.4. The summed E-state index contributed by atoms with van der Waals surface area (Å²) in [6.45, 7) is 22.9. The smallest absolute Gasteiger partial charge is 0.0104 e. The summed E-state index contributed by atoms with van der Waals surface area (Å²) in [4.78, 5) is 0. The summed E-state index contributed by atoms with van der Waals surface area (Å²) < 4.78 is 0. The number of hydrogen-bond donors (Lipinski definition) is 0. The quantitative estimate of drug-likeness (QED) is 0.229. The monoisotopic (exact) mass is 538 g/mol. The van der Waals surface area contributed by atoms with Crippen LogP contribution in [0.5, 0.6) is 0 Å². The van der Waals surface area contributed by atoms with Gasteiger partial charge in [-0.1, -0.05) is 141 Å². The zero-order valence-electron chi connectivity index (χ0n) is 27.5. The van der Waals surface area contributed by atoms with E-state index in [-0.39, 0.29) is 0 Å². The van der Waals surface area contributed by atoms with E-state index in [1.165, 1.54) is 66.4 Å². The Labute approximate surface area is 248 Å². The van der Waals surface area contributed by atoms with Gasteiger partial charge in [-0.25, -0.2) is 0 Å². The molecule has 2 aliphatic carbocycles. The first-order valence-electron chi connectivity index (χ1n) is 15.6. The average Bonchev–Trinajstić information content (AvgIpc) is 2.85. The Morgan fingerprint density at radius 2 is 1.12 bits per heavy atom. The van der Waals surface area contributed by atoms with E-state index < -0.39 is 0 Å². The molecule has 40 heavy (non-hydrogen) atoms. The zero-order valence-corrected chi connectivity index (χ0v) is 27.5. The lowest BCUT2D eigenvalue weighted by Crippen LogP contribution is -2.19. The standard InChI is InChI=1S/C40H58/c1-31(19-13-21-33(3)25-27-37-35(5)23-15-29-39(37,7)8)17-11-12-18-32(2)20-14-22-34(4)26-28-38-36(6)24-16-30-40(38,9)10/h11-14,17,19-22,25-28,32H,15-16,18,23-24,29-30H2,1-10H3/b12-11+,19-13+,20-14+,27-25+,28-26+,31-17+,33-21+,34-22+/t32-/m1/s1. The van der Waals surface area contributed by atoms with Crippen LogP contribution in [0, 0.1) is 16.7 Å². The molecule has 0 unspecified atom stereocenters. The molecule has 0 saturated heterocycles. The van der Waals surface area contributed by atoms with Crippen molar-refractivity contribution >= 4 is 0 Å². The SMILES string of the molecule is CC1=C(/C=C/C(C)=C/C=C/C(C)=C/C=C/C[C@@H](C)/C=C/C=C(C)/C=C/C2=C(C)CCCC2(C)C)C(C)(C)CCC1. The van der Waals surface area contributed by atoms with E-state index in [0.29, 0.717) is 16.7 Å². The van der Waals surface area contributed by atoms with Gasteiger partial charge in [0.25, 0.3) is 0 Å². The van der Waals surface area contributed by atoms with Crippen molar-refractivity contribution in [3.63, 3.8) is 0 Å². The van der Waals surface area contributed by atoms with Gasteiger partial charge in [-0.3, -0.25) is 0 Å². The number of rotatable bonds is 11. The van der Waals surface area contributed by atoms with Gasteiger partial charge in [0.15, 0.2) is 0 Å². The van der Waals surface area contributed by atoms with E-state index in [4.69, 9.17) is 0 Å². The Morgan fingerprint density at radius 3 is 1.62 bits per heavy atom. The second kappa shape index (κ2) is 16.0. The molecule has 0 heterocycles. The first-order chi connectivity index (χ1) is 18.8. The average molecular weight is 539 g/mol. The van der Waals surface area contributed by atoms with Gasteiger partial charge >= 0.3 is 0 Å². The molecule has 218 valence electrons. The van der Waals surface area contributed by atoms with E-state index in [9.17, 15) is 0 Å². The van der Waals surface area contributed by atoms with E-state index in [1.807, 2.05) is 0 Å². The molecular weight excluding hydrogens is 480 g/mol. The fourth-order valence-corrected chi connectivity index (χ4v) is 5.96. The fraction of sp³-hybridized carbons (Fsp3) is 0.500. The molecular formula is C40H58. The van der Waals surface area contributed by atoms with Crippen LogP contribution in [0.15, 0.2) is 118 Å². The van der Waals surface area contributed by atoms with E-state index >= 15 is 0 Å². The topological polar surface area (TPSA) is 0 Å². The summed E-state index contributed by atoms with van der Waals surface area (Å²) in [5.74, 6) is 0.515. The maximum atomic E-state index is 2.38. The van der Waals surface area contributed by atoms with Crippen molar-refractivity contribution < 1.29 is 0 Å². The van der Waals surface area contributed by atoms with Crippen LogP contribution in [0.3, 0.4) is 0 Å². The maximum absolute atomic E-state index is 2.38. The molecule has 0 heteroatoms. The third-order valence-corrected chi connectivity index (χ3v) is 8.63. The molecule has 0 N–H and O–H groups in total. The summed E-state index contributed by atoms with van der Waals surface area (Å²) in [5, 5.41) is 0. The van der Waals surface area contributed by atoms with Crippen molar-refractivity contribution in [2.24, 2.45) is 16.7 Å². The predicted octanol–water partition coefficient (Wildman–Crippen LogP) is 12.7. The summed E-state index contributed by atoms with van der Waals surface area (Å²) in [5.41, 5.74) is 10.6. The molecule has 0 amide bonds. The van der Waals surface area contributed by atoms with E-state index in [2.05, 4.69) is 148 Å². The Morgan fingerprint density at radius 1 is 0.675 bits per heavy atom. The molecule has 2 aliphatic rings. The molecule has 0 fully saturated rings. The highest BCUT2D eigenvalue weighted by molar-refractivity contribution is 5.38. The van der Waals surface area contributed by atoms with Crippen LogP contribution in [0.2, 0.25) is 0 Å². The van der Waals surface area contributed by atoms with E-state index in [0.717, 1.165) is 6.42 Å². The molecule has 0 bridgehead atoms. The lowest BCUT2D eigenvalue weighted by molar-refractivity contribution is 0.376. The normalized spacial score (nSPS) is 22.3. The lowest BCUT2D eigenvalue weighted by Gasteiger charge is -2.33. The van der Waals surface area contributed by atoms with Crippen molar-refractivity contribution in [1.29, 1.82) is 0 Å². The number of hydrogen-bond acceptors (Lipinski definition) is 0. The molecule has 0 radical (unpaired) electrons. The summed E-state index contributed by atoms with van der Waals surface area (Å²) >= 11 is 0. The van der Waals surface area contributed by atoms with Crippen LogP contribution < -0.4 is 0 Å². The highest BCUT2D eigenvalue weighted by Gasteiger charge is 2.27. The van der Waals surface area contributed by atoms with Crippen LogP contribution in [0.25, 0.3) is 0 Å². The highest BCUT2D eigenvalue weighted by atomic mass is 14.3. The summed E-state index contributed by atoms with van der Waals surface area (Å²) in [6, 6.07) is 0. The molecule has 0 aromatic rings. The first kappa shape index (κ1) is 33.6. The summed E-state index contributed by atoms with van der Waals surface area (Å²) in [6.07, 6.45) is 37.9. The van der Waals surface area contributed by atoms with Crippen molar-refractivity contribution in [2.75, 3.05) is 0 Å². The minimum absolute atomic E-state index is 0.296. The second-order valence-electron chi connectivity index (χ2n) is 13.6. The number of allylic oxidation sites excluding steroid dienone is 20. The second-order valence-corrected chi connectivity index (χ2v) is 13.6. The van der Waals surface area contributed by atoms with Gasteiger partial charge in [0.2, 0.25) is 0 Å². The van der Waals surface area contributed by atoms with Gasteiger partial charge in [0.1, 0.15) is 0 Å². The van der Waals surface area contributed by atoms with Crippen LogP contribution >= 0.6 is 0 Å². The molecule has 0 aromatic carbocycles. The van der Waals surface area contributed by atoms with Crippen molar-refractivity contribution in [1.82, 2.24) is 0 Å². The third-order valence-electron chi connectivity index (χ3n) is 8.63. The molecule has 0 aliphatic heterocycles. The maximum Gasteiger partial charge on any atom is -0.0104 e. The minimum atomic E-state index is 0.296. The highest BCUT2D eigenvalue weighted by Crippen LogP contribution is 2.41. The molecule has 2 rings (SSSR count). The van der Waals surface area contributed by atoms with Crippen molar-refractivity contribution in [3.8, 4) is 0 Å². The van der Waals surface area contributed by atoms with Crippen molar-refractivity contribution in [2.45, 2.75) is 114 Å². The Hall–Kier alpha value is -2.60. The van der Waals surface area contributed by atoms with Crippen LogP contribution in [0.4, 0.5) is 0 Å². The van der Waals surface area contributed by atoms with E-state index in [1.54, 1.807) is 11.1 Å². The predicted molar refractivity (Wildman–Crippen MR) is 181 cm³/mol. The Bertz CT molecular complexity index is 1150. The van der Waals surface area contributed by atoms with Crippen LogP contribution in [0.1, 0.15) is 114 Å². The summed E-state index contributed by atoms with van der Waals surface area (Å²) in [7, 11) is 0. The Balaban J connectivity index is 1.82. The molecule has 0 spiro atoms. The van der Waals surface area contributed by atoms with Crippen LogP contribution in [-0.4, -0.2) is 0 Å². The fourth-order valence-electron chi connectivity index (χ4n) is 5.96. The van der Waals surface area contributed by atoms with Crippen molar-refractivity contribution in [3.05, 3.63) is 118 Å². The van der Waals surface area contributed by atoms with Gasteiger partial charge in [0, 0.05) is 0 Å². The first-order valence-corrected chi connectivity index (χ1v) is 15.6. The van der Waals surface area contributed by atoms with Gasteiger partial charge in [-0.15, -0.1) is 0 Å². The molecule has 1 atom stereocenters.